The number of aliphatic carboxylic acids is 1. The Hall–Kier alpha value is -1.52. The molecule has 1 N–H and O–H groups in total. The standard InChI is InChI=1S/C14H15F3O2/c1-8(14(15,16)17)12(13(18)19)11-6-5-9-3-2-4-10(9)7-11/h5-8,12H,2-4H2,1H3,(H,18,19)/t8-,12?/m1/s1. The van der Waals surface area contributed by atoms with E-state index in [2.05, 4.69) is 0 Å². The number of carboxylic acid groups (broad SMARTS) is 1. The SMILES string of the molecule is C[C@H](C(C(=O)O)c1ccc2c(c1)CCC2)C(F)(F)F. The fraction of sp³-hybridized carbons (Fsp3) is 0.500. The van der Waals surface area contributed by atoms with E-state index in [9.17, 15) is 18.0 Å². The normalized spacial score (nSPS) is 17.9. The summed E-state index contributed by atoms with van der Waals surface area (Å²) in [6.07, 6.45) is -1.80. The van der Waals surface area contributed by atoms with Crippen molar-refractivity contribution in [2.45, 2.75) is 38.3 Å². The van der Waals surface area contributed by atoms with Crippen molar-refractivity contribution in [1.29, 1.82) is 0 Å². The van der Waals surface area contributed by atoms with Crippen LogP contribution >= 0.6 is 0 Å². The summed E-state index contributed by atoms with van der Waals surface area (Å²) in [5.74, 6) is -4.86. The minimum Gasteiger partial charge on any atom is -0.481 e. The van der Waals surface area contributed by atoms with Gasteiger partial charge >= 0.3 is 12.1 Å². The van der Waals surface area contributed by atoms with Crippen LogP contribution in [0.1, 0.15) is 36.0 Å². The molecule has 2 rings (SSSR count). The number of halogens is 3. The maximum atomic E-state index is 12.8. The van der Waals surface area contributed by atoms with Crippen LogP contribution < -0.4 is 0 Å². The largest absolute Gasteiger partial charge is 0.481 e. The summed E-state index contributed by atoms with van der Waals surface area (Å²) in [5.41, 5.74) is 2.35. The predicted molar refractivity (Wildman–Crippen MR) is 64.1 cm³/mol. The second-order valence-electron chi connectivity index (χ2n) is 5.03. The molecule has 2 nitrogen and oxygen atoms in total. The summed E-state index contributed by atoms with van der Waals surface area (Å²) in [4.78, 5) is 11.2. The summed E-state index contributed by atoms with van der Waals surface area (Å²) in [7, 11) is 0. The predicted octanol–water partition coefficient (Wildman–Crippen LogP) is 3.54. The Kier molecular flexibility index (Phi) is 3.56. The number of benzene rings is 1. The van der Waals surface area contributed by atoms with E-state index < -0.39 is 24.0 Å². The molecule has 1 unspecified atom stereocenters. The number of alkyl halides is 3. The summed E-state index contributed by atoms with van der Waals surface area (Å²) in [6.45, 7) is 0.923. The highest BCUT2D eigenvalue weighted by Crippen LogP contribution is 2.38. The van der Waals surface area contributed by atoms with Gasteiger partial charge < -0.3 is 5.11 Å². The first-order chi connectivity index (χ1) is 8.80. The summed E-state index contributed by atoms with van der Waals surface area (Å²) < 4.78 is 38.3. The van der Waals surface area contributed by atoms with Crippen molar-refractivity contribution >= 4 is 5.97 Å². The molecule has 2 atom stereocenters. The minimum absolute atomic E-state index is 0.248. The number of fused-ring (bicyclic) bond motifs is 1. The Morgan fingerprint density at radius 3 is 2.47 bits per heavy atom. The van der Waals surface area contributed by atoms with Crippen molar-refractivity contribution in [3.05, 3.63) is 34.9 Å². The molecule has 5 heteroatoms. The number of carboxylic acids is 1. The van der Waals surface area contributed by atoms with Crippen molar-refractivity contribution in [3.63, 3.8) is 0 Å². The van der Waals surface area contributed by atoms with Gasteiger partial charge in [0.1, 0.15) is 0 Å². The van der Waals surface area contributed by atoms with Crippen molar-refractivity contribution < 1.29 is 23.1 Å². The van der Waals surface area contributed by atoms with Gasteiger partial charge in [0, 0.05) is 0 Å². The zero-order valence-corrected chi connectivity index (χ0v) is 10.5. The van der Waals surface area contributed by atoms with Crippen LogP contribution in [0.2, 0.25) is 0 Å². The zero-order chi connectivity index (χ0) is 14.2. The Morgan fingerprint density at radius 1 is 1.26 bits per heavy atom. The van der Waals surface area contributed by atoms with Gasteiger partial charge in [-0.25, -0.2) is 0 Å². The van der Waals surface area contributed by atoms with Gasteiger partial charge in [-0.15, -0.1) is 0 Å². The number of aryl methyl sites for hydroxylation is 2. The molecule has 0 spiro atoms. The van der Waals surface area contributed by atoms with Gasteiger partial charge in [0.2, 0.25) is 0 Å². The molecule has 0 saturated carbocycles. The monoisotopic (exact) mass is 272 g/mol. The van der Waals surface area contributed by atoms with Crippen LogP contribution in [-0.4, -0.2) is 17.3 Å². The molecule has 104 valence electrons. The lowest BCUT2D eigenvalue weighted by Gasteiger charge is -2.23. The highest BCUT2D eigenvalue weighted by Gasteiger charge is 2.45. The second-order valence-corrected chi connectivity index (χ2v) is 5.03. The molecule has 0 aromatic heterocycles. The lowest BCUT2D eigenvalue weighted by atomic mass is 9.85. The van der Waals surface area contributed by atoms with Crippen molar-refractivity contribution in [2.75, 3.05) is 0 Å². The van der Waals surface area contributed by atoms with Crippen LogP contribution in [0.4, 0.5) is 13.2 Å². The van der Waals surface area contributed by atoms with Crippen molar-refractivity contribution in [1.82, 2.24) is 0 Å². The Labute approximate surface area is 109 Å². The molecule has 0 amide bonds. The molecule has 0 saturated heterocycles. The summed E-state index contributed by atoms with van der Waals surface area (Å²) in [6, 6.07) is 4.91. The quantitative estimate of drug-likeness (QED) is 0.913. The molecule has 1 aliphatic carbocycles. The van der Waals surface area contributed by atoms with Crippen LogP contribution in [0.5, 0.6) is 0 Å². The first-order valence-corrected chi connectivity index (χ1v) is 6.22. The van der Waals surface area contributed by atoms with E-state index in [1.165, 1.54) is 6.07 Å². The van der Waals surface area contributed by atoms with Gasteiger partial charge in [-0.1, -0.05) is 25.1 Å². The third-order valence-corrected chi connectivity index (χ3v) is 3.76. The third kappa shape index (κ3) is 2.74. The van der Waals surface area contributed by atoms with E-state index >= 15 is 0 Å². The molecule has 0 bridgehead atoms. The maximum absolute atomic E-state index is 12.8. The van der Waals surface area contributed by atoms with E-state index in [4.69, 9.17) is 5.11 Å². The lowest BCUT2D eigenvalue weighted by Crippen LogP contribution is -2.31. The van der Waals surface area contributed by atoms with Crippen LogP contribution in [0, 0.1) is 5.92 Å². The van der Waals surface area contributed by atoms with Crippen molar-refractivity contribution in [3.8, 4) is 0 Å². The number of carbonyl (C=O) groups is 1. The molecule has 19 heavy (non-hydrogen) atoms. The van der Waals surface area contributed by atoms with Gasteiger partial charge in [-0.3, -0.25) is 4.79 Å². The molecule has 1 aromatic carbocycles. The van der Waals surface area contributed by atoms with Gasteiger partial charge in [-0.2, -0.15) is 13.2 Å². The van der Waals surface area contributed by atoms with Gasteiger partial charge in [0.25, 0.3) is 0 Å². The van der Waals surface area contributed by atoms with E-state index in [0.29, 0.717) is 0 Å². The molecule has 0 heterocycles. The highest BCUT2D eigenvalue weighted by molar-refractivity contribution is 5.76. The molecule has 1 aliphatic rings. The first-order valence-electron chi connectivity index (χ1n) is 6.22. The lowest BCUT2D eigenvalue weighted by molar-refractivity contribution is -0.183. The number of hydrogen-bond donors (Lipinski definition) is 1. The molecular weight excluding hydrogens is 257 g/mol. The Morgan fingerprint density at radius 2 is 1.89 bits per heavy atom. The Bertz CT molecular complexity index is 494. The molecule has 0 radical (unpaired) electrons. The summed E-state index contributed by atoms with van der Waals surface area (Å²) >= 11 is 0. The Balaban J connectivity index is 2.37. The first kappa shape index (κ1) is 13.9. The zero-order valence-electron chi connectivity index (χ0n) is 10.5. The van der Waals surface area contributed by atoms with Gasteiger partial charge in [0.15, 0.2) is 0 Å². The summed E-state index contributed by atoms with van der Waals surface area (Å²) in [5, 5.41) is 9.11. The van der Waals surface area contributed by atoms with Crippen LogP contribution in [0.25, 0.3) is 0 Å². The van der Waals surface area contributed by atoms with Crippen LogP contribution in [0.15, 0.2) is 18.2 Å². The van der Waals surface area contributed by atoms with Gasteiger partial charge in [0.05, 0.1) is 11.8 Å². The van der Waals surface area contributed by atoms with E-state index in [1.807, 2.05) is 0 Å². The van der Waals surface area contributed by atoms with E-state index in [1.54, 1.807) is 12.1 Å². The maximum Gasteiger partial charge on any atom is 0.392 e. The average molecular weight is 272 g/mol. The number of rotatable bonds is 3. The molecule has 1 aromatic rings. The van der Waals surface area contributed by atoms with Crippen LogP contribution in [-0.2, 0) is 17.6 Å². The van der Waals surface area contributed by atoms with Crippen molar-refractivity contribution in [2.24, 2.45) is 5.92 Å². The molecule has 0 aliphatic heterocycles. The smallest absolute Gasteiger partial charge is 0.392 e. The minimum atomic E-state index is -4.51. The molecule has 0 fully saturated rings. The highest BCUT2D eigenvalue weighted by atomic mass is 19.4. The topological polar surface area (TPSA) is 37.3 Å². The van der Waals surface area contributed by atoms with E-state index in [-0.39, 0.29) is 5.56 Å². The fourth-order valence-corrected chi connectivity index (χ4v) is 2.62. The third-order valence-electron chi connectivity index (χ3n) is 3.76. The second kappa shape index (κ2) is 4.87. The van der Waals surface area contributed by atoms with Crippen LogP contribution in [0.3, 0.4) is 0 Å². The molecular formula is C14H15F3O2. The van der Waals surface area contributed by atoms with Gasteiger partial charge in [-0.05, 0) is 36.0 Å². The van der Waals surface area contributed by atoms with E-state index in [0.717, 1.165) is 37.3 Å². The fourth-order valence-electron chi connectivity index (χ4n) is 2.62. The number of hydrogen-bond acceptors (Lipinski definition) is 1. The average Bonchev–Trinajstić information content (AvgIpc) is 2.74.